The SMILES string of the molecule is CCCNCCCc1ncc(-c2cc(C)cc(F)c2)o1. The Kier molecular flexibility index (Phi) is 5.30. The van der Waals surface area contributed by atoms with Crippen molar-refractivity contribution in [2.24, 2.45) is 0 Å². The molecule has 0 unspecified atom stereocenters. The summed E-state index contributed by atoms with van der Waals surface area (Å²) in [6.45, 7) is 6.02. The average Bonchev–Trinajstić information content (AvgIpc) is 2.86. The van der Waals surface area contributed by atoms with Crippen LogP contribution >= 0.6 is 0 Å². The quantitative estimate of drug-likeness (QED) is 0.783. The van der Waals surface area contributed by atoms with E-state index in [-0.39, 0.29) is 5.82 Å². The van der Waals surface area contributed by atoms with Gasteiger partial charge in [0.15, 0.2) is 11.7 Å². The Morgan fingerprint density at radius 3 is 2.85 bits per heavy atom. The number of hydrogen-bond donors (Lipinski definition) is 1. The standard InChI is InChI=1S/C16H21FN2O/c1-3-6-18-7-4-5-16-19-11-15(20-16)13-8-12(2)9-14(17)10-13/h8-11,18H,3-7H2,1-2H3. The van der Waals surface area contributed by atoms with Gasteiger partial charge in [0.05, 0.1) is 6.20 Å². The molecule has 0 bridgehead atoms. The van der Waals surface area contributed by atoms with Crippen LogP contribution in [0.1, 0.15) is 31.2 Å². The number of halogens is 1. The number of aromatic nitrogens is 1. The molecule has 0 fully saturated rings. The van der Waals surface area contributed by atoms with E-state index >= 15 is 0 Å². The summed E-state index contributed by atoms with van der Waals surface area (Å²) in [5.41, 5.74) is 1.62. The Bertz CT molecular complexity index is 531. The van der Waals surface area contributed by atoms with E-state index in [2.05, 4.69) is 17.2 Å². The molecule has 2 rings (SSSR count). The molecule has 0 aliphatic rings. The summed E-state index contributed by atoms with van der Waals surface area (Å²) in [6.07, 6.45) is 4.60. The summed E-state index contributed by atoms with van der Waals surface area (Å²) in [5, 5.41) is 3.34. The molecule has 20 heavy (non-hydrogen) atoms. The Morgan fingerprint density at radius 2 is 2.10 bits per heavy atom. The number of nitrogens with zero attached hydrogens (tertiary/aromatic N) is 1. The fraction of sp³-hybridized carbons (Fsp3) is 0.438. The number of rotatable bonds is 7. The fourth-order valence-electron chi connectivity index (χ4n) is 2.10. The van der Waals surface area contributed by atoms with Gasteiger partial charge in [-0.25, -0.2) is 9.37 Å². The lowest BCUT2D eigenvalue weighted by molar-refractivity contribution is 0.491. The Morgan fingerprint density at radius 1 is 1.25 bits per heavy atom. The summed E-state index contributed by atoms with van der Waals surface area (Å²) >= 11 is 0. The van der Waals surface area contributed by atoms with Crippen molar-refractivity contribution in [1.29, 1.82) is 0 Å². The van der Waals surface area contributed by atoms with E-state index < -0.39 is 0 Å². The molecule has 1 aromatic carbocycles. The molecule has 2 aromatic rings. The van der Waals surface area contributed by atoms with Crippen molar-refractivity contribution in [3.05, 3.63) is 41.7 Å². The molecule has 1 aromatic heterocycles. The molecule has 0 saturated heterocycles. The molecule has 0 amide bonds. The lowest BCUT2D eigenvalue weighted by atomic mass is 10.1. The highest BCUT2D eigenvalue weighted by atomic mass is 19.1. The third kappa shape index (κ3) is 4.17. The average molecular weight is 276 g/mol. The Hall–Kier alpha value is -1.68. The van der Waals surface area contributed by atoms with Crippen LogP contribution in [0.3, 0.4) is 0 Å². The van der Waals surface area contributed by atoms with Gasteiger partial charge in [-0.1, -0.05) is 6.92 Å². The smallest absolute Gasteiger partial charge is 0.194 e. The predicted molar refractivity (Wildman–Crippen MR) is 78.1 cm³/mol. The number of aryl methyl sites for hydroxylation is 2. The summed E-state index contributed by atoms with van der Waals surface area (Å²) in [4.78, 5) is 4.25. The van der Waals surface area contributed by atoms with Gasteiger partial charge < -0.3 is 9.73 Å². The zero-order valence-corrected chi connectivity index (χ0v) is 12.1. The molecule has 0 saturated carbocycles. The van der Waals surface area contributed by atoms with Crippen LogP contribution < -0.4 is 5.32 Å². The van der Waals surface area contributed by atoms with Gasteiger partial charge in [-0.15, -0.1) is 0 Å². The second-order valence-corrected chi connectivity index (χ2v) is 4.99. The third-order valence-corrected chi connectivity index (χ3v) is 3.05. The van der Waals surface area contributed by atoms with Crippen LogP contribution in [0.2, 0.25) is 0 Å². The highest BCUT2D eigenvalue weighted by Gasteiger charge is 2.08. The molecule has 0 spiro atoms. The van der Waals surface area contributed by atoms with Crippen LogP contribution in [0.4, 0.5) is 4.39 Å². The molecule has 0 radical (unpaired) electrons. The van der Waals surface area contributed by atoms with Gasteiger partial charge >= 0.3 is 0 Å². The van der Waals surface area contributed by atoms with Crippen molar-refractivity contribution in [3.63, 3.8) is 0 Å². The number of benzene rings is 1. The first kappa shape index (κ1) is 14.7. The first-order valence-electron chi connectivity index (χ1n) is 7.12. The van der Waals surface area contributed by atoms with Gasteiger partial charge in [0.1, 0.15) is 5.82 Å². The molecule has 0 atom stereocenters. The van der Waals surface area contributed by atoms with Crippen LogP contribution in [0.15, 0.2) is 28.8 Å². The largest absolute Gasteiger partial charge is 0.441 e. The van der Waals surface area contributed by atoms with Crippen molar-refractivity contribution in [2.45, 2.75) is 33.1 Å². The highest BCUT2D eigenvalue weighted by Crippen LogP contribution is 2.23. The zero-order valence-electron chi connectivity index (χ0n) is 12.1. The number of oxazole rings is 1. The van der Waals surface area contributed by atoms with E-state index in [0.717, 1.165) is 43.5 Å². The third-order valence-electron chi connectivity index (χ3n) is 3.05. The maximum absolute atomic E-state index is 13.4. The zero-order chi connectivity index (χ0) is 14.4. The topological polar surface area (TPSA) is 38.1 Å². The van der Waals surface area contributed by atoms with Crippen molar-refractivity contribution in [1.82, 2.24) is 10.3 Å². The van der Waals surface area contributed by atoms with Gasteiger partial charge in [0.25, 0.3) is 0 Å². The minimum Gasteiger partial charge on any atom is -0.441 e. The van der Waals surface area contributed by atoms with Crippen LogP contribution in [0, 0.1) is 12.7 Å². The molecule has 4 heteroatoms. The fourth-order valence-corrected chi connectivity index (χ4v) is 2.10. The molecular formula is C16H21FN2O. The monoisotopic (exact) mass is 276 g/mol. The molecule has 0 aliphatic heterocycles. The van der Waals surface area contributed by atoms with Crippen molar-refractivity contribution < 1.29 is 8.81 Å². The van der Waals surface area contributed by atoms with Gasteiger partial charge in [0, 0.05) is 12.0 Å². The summed E-state index contributed by atoms with van der Waals surface area (Å²) < 4.78 is 19.1. The van der Waals surface area contributed by atoms with Crippen LogP contribution in [-0.4, -0.2) is 18.1 Å². The normalized spacial score (nSPS) is 10.9. The van der Waals surface area contributed by atoms with Crippen LogP contribution in [-0.2, 0) is 6.42 Å². The second kappa shape index (κ2) is 7.20. The van der Waals surface area contributed by atoms with E-state index in [4.69, 9.17) is 4.42 Å². The maximum Gasteiger partial charge on any atom is 0.194 e. The van der Waals surface area contributed by atoms with Gasteiger partial charge in [-0.2, -0.15) is 0 Å². The Balaban J connectivity index is 1.94. The van der Waals surface area contributed by atoms with E-state index in [1.807, 2.05) is 13.0 Å². The molecular weight excluding hydrogens is 255 g/mol. The summed E-state index contributed by atoms with van der Waals surface area (Å²) in [6, 6.07) is 4.87. The number of nitrogens with one attached hydrogen (secondary N) is 1. The maximum atomic E-state index is 13.4. The minimum absolute atomic E-state index is 0.248. The first-order valence-corrected chi connectivity index (χ1v) is 7.12. The van der Waals surface area contributed by atoms with E-state index in [1.165, 1.54) is 12.1 Å². The highest BCUT2D eigenvalue weighted by molar-refractivity contribution is 5.57. The van der Waals surface area contributed by atoms with Gasteiger partial charge in [-0.05, 0) is 56.6 Å². The summed E-state index contributed by atoms with van der Waals surface area (Å²) in [5.74, 6) is 1.09. The molecule has 0 aliphatic carbocycles. The predicted octanol–water partition coefficient (Wildman–Crippen LogP) is 3.72. The minimum atomic E-state index is -0.248. The molecule has 108 valence electrons. The lowest BCUT2D eigenvalue weighted by Crippen LogP contribution is -2.16. The van der Waals surface area contributed by atoms with E-state index in [0.29, 0.717) is 11.7 Å². The van der Waals surface area contributed by atoms with Crippen LogP contribution in [0.25, 0.3) is 11.3 Å². The van der Waals surface area contributed by atoms with Gasteiger partial charge in [-0.3, -0.25) is 0 Å². The summed E-state index contributed by atoms with van der Waals surface area (Å²) in [7, 11) is 0. The number of hydrogen-bond acceptors (Lipinski definition) is 3. The van der Waals surface area contributed by atoms with E-state index in [9.17, 15) is 4.39 Å². The molecule has 3 nitrogen and oxygen atoms in total. The van der Waals surface area contributed by atoms with Gasteiger partial charge in [0.2, 0.25) is 0 Å². The second-order valence-electron chi connectivity index (χ2n) is 4.99. The van der Waals surface area contributed by atoms with Crippen molar-refractivity contribution in [3.8, 4) is 11.3 Å². The van der Waals surface area contributed by atoms with E-state index in [1.54, 1.807) is 6.20 Å². The first-order chi connectivity index (χ1) is 9.69. The Labute approximate surface area is 119 Å². The van der Waals surface area contributed by atoms with Crippen molar-refractivity contribution in [2.75, 3.05) is 13.1 Å². The molecule has 1 heterocycles. The van der Waals surface area contributed by atoms with Crippen LogP contribution in [0.5, 0.6) is 0 Å². The lowest BCUT2D eigenvalue weighted by Gasteiger charge is -2.01. The van der Waals surface area contributed by atoms with Crippen molar-refractivity contribution >= 4 is 0 Å². The molecule has 1 N–H and O–H groups in total.